The van der Waals surface area contributed by atoms with Crippen LogP contribution in [0.2, 0.25) is 0 Å². The Hall–Kier alpha value is -1.07. The Kier molecular flexibility index (Phi) is 3.98. The van der Waals surface area contributed by atoms with E-state index in [0.29, 0.717) is 10.9 Å². The Morgan fingerprint density at radius 3 is 2.30 bits per heavy atom. The number of hydrogen-bond donors (Lipinski definition) is 2. The number of anilines is 1. The average molecular weight is 294 g/mol. The van der Waals surface area contributed by atoms with Crippen LogP contribution in [0.4, 0.5) is 5.69 Å². The fourth-order valence-electron chi connectivity index (χ4n) is 2.77. The monoisotopic (exact) mass is 294 g/mol. The zero-order valence-electron chi connectivity index (χ0n) is 11.6. The highest BCUT2D eigenvalue weighted by Crippen LogP contribution is 2.28. The van der Waals surface area contributed by atoms with Gasteiger partial charge in [0.1, 0.15) is 4.90 Å². The summed E-state index contributed by atoms with van der Waals surface area (Å²) in [4.78, 5) is 0.387. The maximum atomic E-state index is 12.4. The summed E-state index contributed by atoms with van der Waals surface area (Å²) in [6.07, 6.45) is 7.92. The number of hydrogen-bond acceptors (Lipinski definition) is 3. The Morgan fingerprint density at radius 1 is 0.900 bits per heavy atom. The molecular weight excluding hydrogens is 272 g/mol. The van der Waals surface area contributed by atoms with Crippen LogP contribution in [-0.4, -0.2) is 20.5 Å². The van der Waals surface area contributed by atoms with Crippen LogP contribution in [0.25, 0.3) is 0 Å². The van der Waals surface area contributed by atoms with Gasteiger partial charge < -0.3 is 5.32 Å². The van der Waals surface area contributed by atoms with Crippen LogP contribution in [-0.2, 0) is 10.0 Å². The van der Waals surface area contributed by atoms with Gasteiger partial charge in [-0.05, 0) is 37.8 Å². The van der Waals surface area contributed by atoms with Gasteiger partial charge in [-0.2, -0.15) is 0 Å². The van der Waals surface area contributed by atoms with Crippen molar-refractivity contribution < 1.29 is 8.42 Å². The Bertz CT molecular complexity index is 561. The van der Waals surface area contributed by atoms with Gasteiger partial charge in [-0.3, -0.25) is 0 Å². The van der Waals surface area contributed by atoms with Gasteiger partial charge in [0.25, 0.3) is 0 Å². The van der Waals surface area contributed by atoms with Crippen LogP contribution < -0.4 is 10.0 Å². The molecule has 1 aromatic carbocycles. The molecule has 2 saturated carbocycles. The third kappa shape index (κ3) is 3.33. The summed E-state index contributed by atoms with van der Waals surface area (Å²) < 4.78 is 27.5. The standard InChI is InChI=1S/C15H22N2O2S/c18-20(19,17-13-10-11-13)15-9-5-4-8-14(15)16-12-6-2-1-3-7-12/h4-5,8-9,12-13,16-17H,1-3,6-7,10-11H2. The fourth-order valence-corrected chi connectivity index (χ4v) is 4.25. The smallest absolute Gasteiger partial charge is 0.242 e. The molecular formula is C15H22N2O2S. The molecule has 0 aliphatic heterocycles. The molecule has 2 fully saturated rings. The van der Waals surface area contributed by atoms with Crippen LogP contribution in [0, 0.1) is 0 Å². The van der Waals surface area contributed by atoms with E-state index in [1.165, 1.54) is 19.3 Å². The normalized spacial score (nSPS) is 20.8. The van der Waals surface area contributed by atoms with E-state index in [1.54, 1.807) is 12.1 Å². The van der Waals surface area contributed by atoms with Crippen molar-refractivity contribution in [3.05, 3.63) is 24.3 Å². The van der Waals surface area contributed by atoms with E-state index in [4.69, 9.17) is 0 Å². The lowest BCUT2D eigenvalue weighted by Gasteiger charge is -2.25. The molecule has 2 N–H and O–H groups in total. The molecule has 20 heavy (non-hydrogen) atoms. The summed E-state index contributed by atoms with van der Waals surface area (Å²) in [5.74, 6) is 0. The first-order valence-electron chi connectivity index (χ1n) is 7.53. The average Bonchev–Trinajstić information content (AvgIpc) is 3.24. The minimum Gasteiger partial charge on any atom is -0.381 e. The van der Waals surface area contributed by atoms with Crippen molar-refractivity contribution >= 4 is 15.7 Å². The van der Waals surface area contributed by atoms with E-state index in [1.807, 2.05) is 12.1 Å². The van der Waals surface area contributed by atoms with Crippen molar-refractivity contribution in [3.8, 4) is 0 Å². The zero-order valence-corrected chi connectivity index (χ0v) is 12.5. The molecule has 0 bridgehead atoms. The molecule has 2 aliphatic rings. The third-order valence-electron chi connectivity index (χ3n) is 4.04. The second-order valence-corrected chi connectivity index (χ2v) is 7.55. The highest BCUT2D eigenvalue weighted by atomic mass is 32.2. The molecule has 4 nitrogen and oxygen atoms in total. The Balaban J connectivity index is 1.79. The summed E-state index contributed by atoms with van der Waals surface area (Å²) in [5, 5.41) is 3.43. The van der Waals surface area contributed by atoms with Gasteiger partial charge >= 0.3 is 0 Å². The van der Waals surface area contributed by atoms with Crippen molar-refractivity contribution in [2.75, 3.05) is 5.32 Å². The van der Waals surface area contributed by atoms with Crippen molar-refractivity contribution in [2.45, 2.75) is 61.9 Å². The highest BCUT2D eigenvalue weighted by molar-refractivity contribution is 7.89. The molecule has 0 amide bonds. The van der Waals surface area contributed by atoms with Crippen molar-refractivity contribution in [3.63, 3.8) is 0 Å². The maximum absolute atomic E-state index is 12.4. The predicted molar refractivity (Wildman–Crippen MR) is 80.3 cm³/mol. The summed E-state index contributed by atoms with van der Waals surface area (Å²) in [6.45, 7) is 0. The van der Waals surface area contributed by atoms with Crippen molar-refractivity contribution in [1.82, 2.24) is 4.72 Å². The maximum Gasteiger partial charge on any atom is 0.242 e. The lowest BCUT2D eigenvalue weighted by atomic mass is 9.95. The minimum atomic E-state index is -3.39. The second-order valence-electron chi connectivity index (χ2n) is 5.87. The van der Waals surface area contributed by atoms with Crippen LogP contribution in [0.1, 0.15) is 44.9 Å². The minimum absolute atomic E-state index is 0.141. The van der Waals surface area contributed by atoms with Gasteiger partial charge in [0.05, 0.1) is 5.69 Å². The SMILES string of the molecule is O=S(=O)(NC1CC1)c1ccccc1NC1CCCCC1. The first kappa shape index (κ1) is 13.9. The van der Waals surface area contributed by atoms with Crippen LogP contribution in [0.15, 0.2) is 29.2 Å². The number of benzene rings is 1. The molecule has 0 heterocycles. The molecule has 0 unspecified atom stereocenters. The molecule has 0 aromatic heterocycles. The summed E-state index contributed by atoms with van der Waals surface area (Å²) in [7, 11) is -3.39. The molecule has 0 atom stereocenters. The number of sulfonamides is 1. The molecule has 0 saturated heterocycles. The van der Waals surface area contributed by atoms with Crippen LogP contribution >= 0.6 is 0 Å². The highest BCUT2D eigenvalue weighted by Gasteiger charge is 2.29. The zero-order chi connectivity index (χ0) is 14.0. The van der Waals surface area contributed by atoms with Crippen LogP contribution in [0.5, 0.6) is 0 Å². The lowest BCUT2D eigenvalue weighted by molar-refractivity contribution is 0.462. The topological polar surface area (TPSA) is 58.2 Å². The van der Waals surface area contributed by atoms with Gasteiger partial charge in [-0.25, -0.2) is 13.1 Å². The van der Waals surface area contributed by atoms with Gasteiger partial charge in [0.2, 0.25) is 10.0 Å². The van der Waals surface area contributed by atoms with Crippen molar-refractivity contribution in [2.24, 2.45) is 0 Å². The quantitative estimate of drug-likeness (QED) is 0.878. The lowest BCUT2D eigenvalue weighted by Crippen LogP contribution is -2.28. The van der Waals surface area contributed by atoms with E-state index in [0.717, 1.165) is 31.4 Å². The molecule has 2 aliphatic carbocycles. The summed E-state index contributed by atoms with van der Waals surface area (Å²) in [6, 6.07) is 7.78. The van der Waals surface area contributed by atoms with Gasteiger partial charge in [-0.1, -0.05) is 31.4 Å². The van der Waals surface area contributed by atoms with Crippen LogP contribution in [0.3, 0.4) is 0 Å². The summed E-state index contributed by atoms with van der Waals surface area (Å²) >= 11 is 0. The van der Waals surface area contributed by atoms with E-state index in [9.17, 15) is 8.42 Å². The molecule has 0 spiro atoms. The van der Waals surface area contributed by atoms with E-state index >= 15 is 0 Å². The molecule has 3 rings (SSSR count). The van der Waals surface area contributed by atoms with Crippen molar-refractivity contribution in [1.29, 1.82) is 0 Å². The molecule has 5 heteroatoms. The molecule has 1 aromatic rings. The fraction of sp³-hybridized carbons (Fsp3) is 0.600. The Labute approximate surface area is 121 Å². The largest absolute Gasteiger partial charge is 0.381 e. The molecule has 0 radical (unpaired) electrons. The number of para-hydroxylation sites is 1. The van der Waals surface area contributed by atoms with E-state index in [-0.39, 0.29) is 6.04 Å². The first-order valence-corrected chi connectivity index (χ1v) is 9.01. The second kappa shape index (κ2) is 5.74. The summed E-state index contributed by atoms with van der Waals surface area (Å²) in [5.41, 5.74) is 0.743. The number of rotatable bonds is 5. The van der Waals surface area contributed by atoms with E-state index < -0.39 is 10.0 Å². The molecule has 110 valence electrons. The third-order valence-corrected chi connectivity index (χ3v) is 5.62. The van der Waals surface area contributed by atoms with Gasteiger partial charge in [0.15, 0.2) is 0 Å². The van der Waals surface area contributed by atoms with Gasteiger partial charge in [0, 0.05) is 12.1 Å². The predicted octanol–water partition coefficient (Wildman–Crippen LogP) is 2.87. The van der Waals surface area contributed by atoms with E-state index in [2.05, 4.69) is 10.0 Å². The first-order chi connectivity index (χ1) is 9.65. The Morgan fingerprint density at radius 2 is 1.60 bits per heavy atom. The van der Waals surface area contributed by atoms with Gasteiger partial charge in [-0.15, -0.1) is 0 Å². The number of nitrogens with one attached hydrogen (secondary N) is 2.